The average molecular weight is 416 g/mol. The van der Waals surface area contributed by atoms with Crippen LogP contribution >= 0.6 is 0 Å². The van der Waals surface area contributed by atoms with Crippen LogP contribution in [0.25, 0.3) is 0 Å². The van der Waals surface area contributed by atoms with E-state index in [-0.39, 0.29) is 5.91 Å². The topological polar surface area (TPSA) is 90.5 Å². The lowest BCUT2D eigenvalue weighted by Crippen LogP contribution is -2.28. The number of carbonyl (C=O) groups excluding carboxylic acids is 1. The molecule has 0 fully saturated rings. The molecule has 0 saturated carbocycles. The van der Waals surface area contributed by atoms with Crippen LogP contribution in [0.5, 0.6) is 0 Å². The first kappa shape index (κ1) is 20.5. The molecule has 0 radical (unpaired) electrons. The molecule has 4 rings (SSSR count). The summed E-state index contributed by atoms with van der Waals surface area (Å²) >= 11 is 0. The summed E-state index contributed by atoms with van der Waals surface area (Å²) in [6, 6.07) is 17.2. The maximum atomic E-state index is 13.0. The molecule has 8 heteroatoms. The molecule has 0 aliphatic heterocycles. The summed E-state index contributed by atoms with van der Waals surface area (Å²) in [5.41, 5.74) is 6.39. The molecule has 1 atom stereocenters. The van der Waals surface area contributed by atoms with Gasteiger partial charge in [-0.25, -0.2) is 4.68 Å². The van der Waals surface area contributed by atoms with Gasteiger partial charge < -0.3 is 5.32 Å². The quantitative estimate of drug-likeness (QED) is 0.501. The molecule has 2 aromatic heterocycles. The second-order valence-corrected chi connectivity index (χ2v) is 7.63. The van der Waals surface area contributed by atoms with Crippen LogP contribution in [-0.2, 0) is 24.7 Å². The van der Waals surface area contributed by atoms with Crippen molar-refractivity contribution in [3.05, 3.63) is 89.0 Å². The molecule has 0 unspecified atom stereocenters. The van der Waals surface area contributed by atoms with Gasteiger partial charge in [0.1, 0.15) is 12.4 Å². The zero-order valence-corrected chi connectivity index (χ0v) is 17.9. The molecule has 0 spiro atoms. The molecule has 0 bridgehead atoms. The highest BCUT2D eigenvalue weighted by atomic mass is 16.2. The van der Waals surface area contributed by atoms with Gasteiger partial charge in [-0.05, 0) is 47.5 Å². The molecule has 0 saturated heterocycles. The van der Waals surface area contributed by atoms with E-state index in [9.17, 15) is 4.79 Å². The van der Waals surface area contributed by atoms with Crippen molar-refractivity contribution in [1.82, 2.24) is 30.0 Å². The number of nitrogens with zero attached hydrogens (tertiary/aromatic N) is 6. The lowest BCUT2D eigenvalue weighted by molar-refractivity contribution is -0.119. The Morgan fingerprint density at radius 2 is 1.77 bits per heavy atom. The van der Waals surface area contributed by atoms with Crippen molar-refractivity contribution >= 4 is 11.6 Å². The van der Waals surface area contributed by atoms with Crippen molar-refractivity contribution in [1.29, 1.82) is 0 Å². The van der Waals surface area contributed by atoms with Crippen LogP contribution in [-0.4, -0.2) is 35.9 Å². The van der Waals surface area contributed by atoms with E-state index in [1.807, 2.05) is 73.3 Å². The standard InChI is InChI=1S/C23H25N7O/c1-16-21(17(2)29(3)26-16)13-19-9-11-20(12-10-19)25-23(31)22(30-15-24-27-28-30)14-18-7-5-4-6-8-18/h4-12,15,22H,13-14H2,1-3H3,(H,25,31)/t22-/m0/s1. The molecular weight excluding hydrogens is 390 g/mol. The Kier molecular flexibility index (Phi) is 5.88. The third-order valence-electron chi connectivity index (χ3n) is 5.52. The first-order valence-electron chi connectivity index (χ1n) is 10.2. The van der Waals surface area contributed by atoms with E-state index in [4.69, 9.17) is 0 Å². The van der Waals surface area contributed by atoms with Gasteiger partial charge in [0.05, 0.1) is 5.69 Å². The highest BCUT2D eigenvalue weighted by Crippen LogP contribution is 2.20. The summed E-state index contributed by atoms with van der Waals surface area (Å²) in [5, 5.41) is 18.8. The highest BCUT2D eigenvalue weighted by Gasteiger charge is 2.22. The first-order valence-corrected chi connectivity index (χ1v) is 10.2. The minimum atomic E-state index is -0.544. The number of nitrogens with one attached hydrogen (secondary N) is 1. The summed E-state index contributed by atoms with van der Waals surface area (Å²) in [6.45, 7) is 4.11. The summed E-state index contributed by atoms with van der Waals surface area (Å²) in [5.74, 6) is -0.164. The van der Waals surface area contributed by atoms with Crippen molar-refractivity contribution in [3.63, 3.8) is 0 Å². The maximum Gasteiger partial charge on any atom is 0.249 e. The Bertz CT molecular complexity index is 1150. The van der Waals surface area contributed by atoms with E-state index in [2.05, 4.69) is 32.9 Å². The van der Waals surface area contributed by atoms with Crippen molar-refractivity contribution in [2.45, 2.75) is 32.7 Å². The van der Waals surface area contributed by atoms with Gasteiger partial charge in [0, 0.05) is 36.8 Å². The van der Waals surface area contributed by atoms with Crippen LogP contribution in [0.2, 0.25) is 0 Å². The SMILES string of the molecule is Cc1nn(C)c(C)c1Cc1ccc(NC(=O)[C@H](Cc2ccccc2)n2cnnn2)cc1. The van der Waals surface area contributed by atoms with Gasteiger partial charge in [0.25, 0.3) is 0 Å². The minimum absolute atomic E-state index is 0.164. The van der Waals surface area contributed by atoms with Crippen LogP contribution in [0.3, 0.4) is 0 Å². The van der Waals surface area contributed by atoms with Gasteiger partial charge in [-0.15, -0.1) is 5.10 Å². The highest BCUT2D eigenvalue weighted by molar-refractivity contribution is 5.93. The van der Waals surface area contributed by atoms with Gasteiger partial charge in [0.15, 0.2) is 0 Å². The van der Waals surface area contributed by atoms with Crippen molar-refractivity contribution < 1.29 is 4.79 Å². The Labute approximate surface area is 180 Å². The predicted octanol–water partition coefficient (Wildman–Crippen LogP) is 3.04. The normalized spacial score (nSPS) is 12.0. The molecule has 8 nitrogen and oxygen atoms in total. The number of benzene rings is 2. The van der Waals surface area contributed by atoms with Gasteiger partial charge in [-0.1, -0.05) is 42.5 Å². The Balaban J connectivity index is 1.47. The summed E-state index contributed by atoms with van der Waals surface area (Å²) in [7, 11) is 1.96. The van der Waals surface area contributed by atoms with Crippen molar-refractivity contribution in [2.75, 3.05) is 5.32 Å². The summed E-state index contributed by atoms with van der Waals surface area (Å²) < 4.78 is 3.40. The Hall–Kier alpha value is -3.81. The number of amides is 1. The molecule has 158 valence electrons. The van der Waals surface area contributed by atoms with E-state index < -0.39 is 6.04 Å². The average Bonchev–Trinajstić information content (AvgIpc) is 3.38. The third kappa shape index (κ3) is 4.69. The third-order valence-corrected chi connectivity index (χ3v) is 5.52. The number of aromatic nitrogens is 6. The van der Waals surface area contributed by atoms with Crippen LogP contribution in [0, 0.1) is 13.8 Å². The lowest BCUT2D eigenvalue weighted by Gasteiger charge is -2.16. The molecule has 2 aromatic carbocycles. The van der Waals surface area contributed by atoms with Crippen LogP contribution in [0.4, 0.5) is 5.69 Å². The number of rotatable bonds is 7. The van der Waals surface area contributed by atoms with Gasteiger partial charge in [0.2, 0.25) is 5.91 Å². The van der Waals surface area contributed by atoms with Crippen molar-refractivity contribution in [2.24, 2.45) is 7.05 Å². The zero-order chi connectivity index (χ0) is 21.8. The minimum Gasteiger partial charge on any atom is -0.324 e. The Morgan fingerprint density at radius 3 is 2.39 bits per heavy atom. The van der Waals surface area contributed by atoms with Crippen LogP contribution in [0.1, 0.15) is 34.1 Å². The van der Waals surface area contributed by atoms with Gasteiger partial charge >= 0.3 is 0 Å². The molecular formula is C23H25N7O. The lowest BCUT2D eigenvalue weighted by atomic mass is 10.0. The van der Waals surface area contributed by atoms with E-state index >= 15 is 0 Å². The number of anilines is 1. The fraction of sp³-hybridized carbons (Fsp3) is 0.261. The second kappa shape index (κ2) is 8.91. The number of aryl methyl sites for hydroxylation is 2. The van der Waals surface area contributed by atoms with E-state index in [0.717, 1.165) is 23.4 Å². The fourth-order valence-corrected chi connectivity index (χ4v) is 3.66. The van der Waals surface area contributed by atoms with Gasteiger partial charge in [-0.2, -0.15) is 5.10 Å². The van der Waals surface area contributed by atoms with Gasteiger partial charge in [-0.3, -0.25) is 9.48 Å². The smallest absolute Gasteiger partial charge is 0.249 e. The molecule has 0 aliphatic rings. The summed E-state index contributed by atoms with van der Waals surface area (Å²) in [6.07, 6.45) is 2.77. The molecule has 31 heavy (non-hydrogen) atoms. The predicted molar refractivity (Wildman–Crippen MR) is 118 cm³/mol. The van der Waals surface area contributed by atoms with E-state index in [1.54, 1.807) is 0 Å². The summed E-state index contributed by atoms with van der Waals surface area (Å²) in [4.78, 5) is 13.0. The maximum absolute atomic E-state index is 13.0. The molecule has 0 aliphatic carbocycles. The van der Waals surface area contributed by atoms with Crippen LogP contribution in [0.15, 0.2) is 60.9 Å². The number of hydrogen-bond acceptors (Lipinski definition) is 5. The van der Waals surface area contributed by atoms with E-state index in [1.165, 1.54) is 27.8 Å². The van der Waals surface area contributed by atoms with Crippen LogP contribution < -0.4 is 5.32 Å². The monoisotopic (exact) mass is 415 g/mol. The zero-order valence-electron chi connectivity index (χ0n) is 17.9. The fourth-order valence-electron chi connectivity index (χ4n) is 3.66. The molecule has 4 aromatic rings. The number of tetrazole rings is 1. The molecule has 2 heterocycles. The van der Waals surface area contributed by atoms with E-state index in [0.29, 0.717) is 6.42 Å². The Morgan fingerprint density at radius 1 is 1.03 bits per heavy atom. The molecule has 1 N–H and O–H groups in total. The largest absolute Gasteiger partial charge is 0.324 e. The second-order valence-electron chi connectivity index (χ2n) is 7.63. The molecule has 1 amide bonds. The van der Waals surface area contributed by atoms with Crippen molar-refractivity contribution in [3.8, 4) is 0 Å². The number of carbonyl (C=O) groups is 1. The number of hydrogen-bond donors (Lipinski definition) is 1. The first-order chi connectivity index (χ1) is 15.0.